The minimum atomic E-state index is -0.641. The van der Waals surface area contributed by atoms with Crippen LogP contribution in [-0.2, 0) is 5.41 Å². The van der Waals surface area contributed by atoms with E-state index in [1.54, 1.807) is 31.2 Å². The number of unbranched alkanes of at least 4 members (excludes halogenated alkanes) is 1. The Bertz CT molecular complexity index is 5860. The molecule has 0 aromatic heterocycles. The van der Waals surface area contributed by atoms with E-state index < -0.39 is 11.3 Å². The molecule has 0 heterocycles. The van der Waals surface area contributed by atoms with Gasteiger partial charge in [0.25, 0.3) is 0 Å². The van der Waals surface area contributed by atoms with Crippen LogP contribution in [0, 0.1) is 24.3 Å². The van der Waals surface area contributed by atoms with Crippen molar-refractivity contribution in [2.75, 3.05) is 13.2 Å². The number of ether oxygens (including phenoxy) is 2. The van der Waals surface area contributed by atoms with Crippen molar-refractivity contribution < 1.29 is 38.2 Å². The lowest BCUT2D eigenvalue weighted by atomic mass is 9.61. The van der Waals surface area contributed by atoms with Gasteiger partial charge in [-0.1, -0.05) is 272 Å². The summed E-state index contributed by atoms with van der Waals surface area (Å²) in [6.45, 7) is 19.0. The quantitative estimate of drug-likeness (QED) is 0.0239. The molecule has 0 saturated heterocycles. The number of carbonyl (C=O) groups is 6. The highest BCUT2D eigenvalue weighted by Crippen LogP contribution is 2.59. The number of rotatable bonds is 31. The van der Waals surface area contributed by atoms with Crippen molar-refractivity contribution in [1.29, 1.82) is 0 Å². The van der Waals surface area contributed by atoms with Crippen molar-refractivity contribution in [3.05, 3.63) is 323 Å². The fourth-order valence-electron chi connectivity index (χ4n) is 18.4. The normalized spacial score (nSPS) is 14.8. The van der Waals surface area contributed by atoms with Gasteiger partial charge in [0.2, 0.25) is 0 Å². The first kappa shape index (κ1) is 83.1. The molecule has 0 saturated carbocycles. The van der Waals surface area contributed by atoms with E-state index in [2.05, 4.69) is 140 Å². The summed E-state index contributed by atoms with van der Waals surface area (Å²) in [7, 11) is 0. The first-order valence-electron chi connectivity index (χ1n) is 42.7. The predicted molar refractivity (Wildman–Crippen MR) is 487 cm³/mol. The van der Waals surface area contributed by atoms with Gasteiger partial charge in [-0.05, 0) is 239 Å². The molecular formula is C111H105O8. The Morgan fingerprint density at radius 2 is 1.10 bits per heavy atom. The number of hydrogen-bond acceptors (Lipinski definition) is 8. The molecule has 1 radical (unpaired) electrons. The van der Waals surface area contributed by atoms with Gasteiger partial charge in [0.15, 0.2) is 34.7 Å². The van der Waals surface area contributed by atoms with E-state index in [0.29, 0.717) is 132 Å². The van der Waals surface area contributed by atoms with Crippen molar-refractivity contribution in [3.63, 3.8) is 0 Å². The molecule has 119 heavy (non-hydrogen) atoms. The molecule has 2 atom stereocenters. The molecular weight excluding hydrogens is 1460 g/mol. The van der Waals surface area contributed by atoms with E-state index in [1.807, 2.05) is 145 Å². The molecule has 0 amide bonds. The van der Waals surface area contributed by atoms with Gasteiger partial charge in [-0.25, -0.2) is 0 Å². The summed E-state index contributed by atoms with van der Waals surface area (Å²) in [5.41, 5.74) is 19.7. The molecule has 11 aromatic carbocycles. The van der Waals surface area contributed by atoms with Crippen LogP contribution in [0.3, 0.4) is 0 Å². The van der Waals surface area contributed by atoms with Gasteiger partial charge in [0, 0.05) is 92.1 Å². The zero-order chi connectivity index (χ0) is 83.4. The minimum Gasteiger partial charge on any atom is -0.489 e. The number of allylic oxidation sites excluding steroid dienone is 6. The van der Waals surface area contributed by atoms with Crippen LogP contribution in [0.5, 0.6) is 11.5 Å². The van der Waals surface area contributed by atoms with Crippen LogP contribution in [0.2, 0.25) is 0 Å². The van der Waals surface area contributed by atoms with Crippen molar-refractivity contribution >= 4 is 34.7 Å². The standard InChI is InChI=1S/C111H105O8/c1-11-15-54-101(116)86-47-30-29-46-83(86)96-69-97(106(88-49-32-31-48-87(88)99(114)14-4)107(109(117)72(7)8)104(96)79-57-55-76(56-58-79)100(115)37-12-2)85-61-59-80(73(9)112)66-94(85)90-51-35-50-89(102(90)74(10)113)92-53-36-52-91(110(92)118-65-13-3)84-62-60-82(119-70-71(5)6)67-95(84)98-68-93(75-38-27-28-39-75)103(77-40-21-18-22-41-77)105(78-42-23-19-24-43-78)108(98)111(63-33-16-17-34-64-111)81-44-25-20-26-45-81/h3,16-23,25-27,29-32,35-36,38,40-41,44-53,55-62,66-68,72,75,78H,5,11-12,14-15,24,28,33-34,37,39,42-43,54,63-65,70H2,1-2,4,6-10H3. The number of ketones is 6. The van der Waals surface area contributed by atoms with E-state index in [1.165, 1.54) is 40.3 Å². The van der Waals surface area contributed by atoms with Gasteiger partial charge in [0.05, 0.1) is 0 Å². The molecule has 597 valence electrons. The maximum absolute atomic E-state index is 16.4. The first-order chi connectivity index (χ1) is 57.9. The van der Waals surface area contributed by atoms with Crippen LogP contribution in [0.25, 0.3) is 100 Å². The molecule has 0 N–H and O–H groups in total. The number of terminal acetylenes is 1. The van der Waals surface area contributed by atoms with Crippen LogP contribution in [0.15, 0.2) is 261 Å². The summed E-state index contributed by atoms with van der Waals surface area (Å²) in [6, 6.07) is 74.6. The summed E-state index contributed by atoms with van der Waals surface area (Å²) in [6.07, 6.45) is 31.7. The lowest BCUT2D eigenvalue weighted by Crippen LogP contribution is -2.31. The molecule has 3 aliphatic rings. The maximum atomic E-state index is 16.4. The summed E-state index contributed by atoms with van der Waals surface area (Å²) in [5, 5.41) is 0. The van der Waals surface area contributed by atoms with Crippen LogP contribution < -0.4 is 9.47 Å². The van der Waals surface area contributed by atoms with Crippen LogP contribution in [0.4, 0.5) is 0 Å². The molecule has 14 rings (SSSR count). The molecule has 11 aromatic rings. The topological polar surface area (TPSA) is 121 Å². The fraction of sp³-hybridized carbons (Fsp3) is 0.261. The number of Topliss-reactive ketones (excluding diaryl/α,β-unsaturated/α-hetero) is 6. The lowest BCUT2D eigenvalue weighted by Gasteiger charge is -2.42. The Kier molecular flexibility index (Phi) is 26.1. The molecule has 0 spiro atoms. The van der Waals surface area contributed by atoms with E-state index in [0.717, 1.165) is 92.0 Å². The Balaban J connectivity index is 1.09. The van der Waals surface area contributed by atoms with Gasteiger partial charge >= 0.3 is 0 Å². The highest BCUT2D eigenvalue weighted by Gasteiger charge is 2.43. The molecule has 2 unspecified atom stereocenters. The number of benzene rings is 11. The number of hydrogen-bond donors (Lipinski definition) is 0. The second-order valence-electron chi connectivity index (χ2n) is 32.5. The third kappa shape index (κ3) is 17.1. The van der Waals surface area contributed by atoms with E-state index in [9.17, 15) is 19.2 Å². The van der Waals surface area contributed by atoms with Gasteiger partial charge in [-0.3, -0.25) is 28.8 Å². The minimum absolute atomic E-state index is 0.0228. The van der Waals surface area contributed by atoms with Crippen molar-refractivity contribution in [2.45, 2.75) is 169 Å². The molecule has 0 bridgehead atoms. The predicted octanol–water partition coefficient (Wildman–Crippen LogP) is 28.3. The summed E-state index contributed by atoms with van der Waals surface area (Å²) < 4.78 is 14.0. The monoisotopic (exact) mass is 1570 g/mol. The average Bonchev–Trinajstić information content (AvgIpc) is 1.47. The zero-order valence-corrected chi connectivity index (χ0v) is 70.0. The summed E-state index contributed by atoms with van der Waals surface area (Å²) >= 11 is 0. The van der Waals surface area contributed by atoms with E-state index in [4.69, 9.17) is 15.9 Å². The highest BCUT2D eigenvalue weighted by atomic mass is 16.5. The molecule has 0 aliphatic heterocycles. The van der Waals surface area contributed by atoms with Crippen LogP contribution >= 0.6 is 0 Å². The zero-order valence-electron chi connectivity index (χ0n) is 70.0. The van der Waals surface area contributed by atoms with Gasteiger partial charge < -0.3 is 9.47 Å². The largest absolute Gasteiger partial charge is 0.489 e. The summed E-state index contributed by atoms with van der Waals surface area (Å²) in [5.74, 6) is 2.49. The third-order valence-electron chi connectivity index (χ3n) is 24.1. The third-order valence-corrected chi connectivity index (χ3v) is 24.1. The fourth-order valence-corrected chi connectivity index (χ4v) is 18.4. The van der Waals surface area contributed by atoms with E-state index >= 15 is 9.59 Å². The second-order valence-corrected chi connectivity index (χ2v) is 32.5. The van der Waals surface area contributed by atoms with Gasteiger partial charge in [-0.15, -0.1) is 6.42 Å². The highest BCUT2D eigenvalue weighted by molar-refractivity contribution is 6.20. The molecule has 0 fully saturated rings. The Morgan fingerprint density at radius 3 is 1.73 bits per heavy atom. The molecule has 8 heteroatoms. The Hall–Kier alpha value is -12.4. The molecule has 3 aliphatic carbocycles. The number of para-hydroxylation sites is 1. The van der Waals surface area contributed by atoms with Crippen molar-refractivity contribution in [3.8, 4) is 124 Å². The second kappa shape index (κ2) is 37.4. The molecule has 8 nitrogen and oxygen atoms in total. The van der Waals surface area contributed by atoms with Crippen molar-refractivity contribution in [2.24, 2.45) is 5.92 Å². The number of carbonyl (C=O) groups excluding carboxylic acids is 6. The maximum Gasteiger partial charge on any atom is 0.166 e. The lowest BCUT2D eigenvalue weighted by molar-refractivity contribution is 0.0937. The average molecular weight is 1570 g/mol. The van der Waals surface area contributed by atoms with Crippen LogP contribution in [0.1, 0.15) is 248 Å². The SMILES string of the molecule is C#CCOc1c(-c2ccc(OCC(=C)C)cc2-c2cc(C3C=CCC3)c(-c3ccccc3)c(C3CC=CCC3)c2C2(c3ccccc3)CCC=CCC2)cccc1-c1cccc(-c2cc(C(C)=O)ccc2-c2[c]c(-c3ccccc3C(=O)CCCC)c(-c3ccc(C(=O)CCC)cc3)c(C(=O)C(C)C)c2-c2ccccc2C(=O)CC)c1C(C)=O. The summed E-state index contributed by atoms with van der Waals surface area (Å²) in [4.78, 5) is 90.0. The van der Waals surface area contributed by atoms with Crippen LogP contribution in [-0.4, -0.2) is 47.9 Å². The Morgan fingerprint density at radius 1 is 0.504 bits per heavy atom. The van der Waals surface area contributed by atoms with Gasteiger partial charge in [-0.2, -0.15) is 0 Å². The smallest absolute Gasteiger partial charge is 0.166 e. The van der Waals surface area contributed by atoms with E-state index in [-0.39, 0.29) is 71.5 Å². The van der Waals surface area contributed by atoms with Gasteiger partial charge in [0.1, 0.15) is 24.7 Å². The van der Waals surface area contributed by atoms with Crippen molar-refractivity contribution in [1.82, 2.24) is 0 Å². The first-order valence-corrected chi connectivity index (χ1v) is 42.7. The Labute approximate surface area is 703 Å².